The third-order valence-electron chi connectivity index (χ3n) is 3.43. The zero-order valence-electron chi connectivity index (χ0n) is 13.2. The van der Waals surface area contributed by atoms with E-state index in [9.17, 15) is 0 Å². The van der Waals surface area contributed by atoms with Crippen LogP contribution in [-0.4, -0.2) is 21.4 Å². The lowest BCUT2D eigenvalue weighted by Gasteiger charge is -2.12. The van der Waals surface area contributed by atoms with Crippen molar-refractivity contribution in [3.63, 3.8) is 0 Å². The third kappa shape index (κ3) is 5.21. The van der Waals surface area contributed by atoms with Gasteiger partial charge in [-0.3, -0.25) is 4.68 Å². The fraction of sp³-hybridized carbons (Fsp3) is 0.529. The van der Waals surface area contributed by atoms with Crippen LogP contribution in [0.3, 0.4) is 0 Å². The number of nitrogens with zero attached hydrogens (tertiary/aromatic N) is 3. The van der Waals surface area contributed by atoms with E-state index in [1.165, 1.54) is 5.69 Å². The smallest absolute Gasteiger partial charge is 0.213 e. The van der Waals surface area contributed by atoms with E-state index < -0.39 is 0 Å². The van der Waals surface area contributed by atoms with Crippen molar-refractivity contribution in [3.8, 4) is 5.88 Å². The molecule has 0 saturated heterocycles. The molecule has 0 spiro atoms. The molecule has 21 heavy (non-hydrogen) atoms. The first-order valence-electron chi connectivity index (χ1n) is 7.76. The fourth-order valence-corrected chi connectivity index (χ4v) is 2.18. The number of aromatic nitrogens is 3. The second-order valence-corrected chi connectivity index (χ2v) is 5.64. The highest BCUT2D eigenvalue weighted by Crippen LogP contribution is 2.11. The Balaban J connectivity index is 1.72. The molecule has 0 aromatic carbocycles. The van der Waals surface area contributed by atoms with Crippen LogP contribution in [-0.2, 0) is 13.0 Å². The summed E-state index contributed by atoms with van der Waals surface area (Å²) in [5, 5.41) is 4.57. The Morgan fingerprint density at radius 2 is 2.14 bits per heavy atom. The zero-order valence-corrected chi connectivity index (χ0v) is 13.2. The van der Waals surface area contributed by atoms with Gasteiger partial charge in [-0.2, -0.15) is 5.10 Å². The first-order chi connectivity index (χ1) is 10.2. The lowest BCUT2D eigenvalue weighted by Crippen LogP contribution is -2.12. The molecule has 0 saturated carbocycles. The summed E-state index contributed by atoms with van der Waals surface area (Å²) >= 11 is 0. The van der Waals surface area contributed by atoms with Gasteiger partial charge in [-0.25, -0.2) is 4.98 Å². The number of hydrogen-bond donors (Lipinski definition) is 0. The average molecular weight is 287 g/mol. The molecule has 4 heteroatoms. The van der Waals surface area contributed by atoms with Crippen molar-refractivity contribution in [2.24, 2.45) is 5.92 Å². The third-order valence-corrected chi connectivity index (χ3v) is 3.43. The van der Waals surface area contributed by atoms with Crippen LogP contribution >= 0.6 is 0 Å². The number of pyridine rings is 1. The van der Waals surface area contributed by atoms with Crippen molar-refractivity contribution in [1.82, 2.24) is 14.8 Å². The summed E-state index contributed by atoms with van der Waals surface area (Å²) in [4.78, 5) is 4.35. The van der Waals surface area contributed by atoms with Crippen molar-refractivity contribution in [2.75, 3.05) is 6.61 Å². The monoisotopic (exact) mass is 287 g/mol. The van der Waals surface area contributed by atoms with E-state index in [4.69, 9.17) is 4.74 Å². The molecule has 0 aliphatic heterocycles. The Hall–Kier alpha value is -1.84. The van der Waals surface area contributed by atoms with Gasteiger partial charge in [0.1, 0.15) is 0 Å². The highest BCUT2D eigenvalue weighted by Gasteiger charge is 2.06. The largest absolute Gasteiger partial charge is 0.477 e. The molecule has 2 heterocycles. The minimum absolute atomic E-state index is 0.478. The molecule has 2 aromatic rings. The quantitative estimate of drug-likeness (QED) is 0.744. The number of ether oxygens (including phenoxy) is 1. The van der Waals surface area contributed by atoms with Gasteiger partial charge in [0.2, 0.25) is 5.88 Å². The Morgan fingerprint density at radius 3 is 2.90 bits per heavy atom. The molecule has 0 N–H and O–H groups in total. The van der Waals surface area contributed by atoms with Crippen LogP contribution in [0, 0.1) is 12.8 Å². The van der Waals surface area contributed by atoms with E-state index in [0.29, 0.717) is 18.4 Å². The predicted molar refractivity (Wildman–Crippen MR) is 84.5 cm³/mol. The molecule has 2 rings (SSSR count). The van der Waals surface area contributed by atoms with Gasteiger partial charge >= 0.3 is 0 Å². The molecular weight excluding hydrogens is 262 g/mol. The maximum Gasteiger partial charge on any atom is 0.213 e. The van der Waals surface area contributed by atoms with Crippen molar-refractivity contribution in [3.05, 3.63) is 41.9 Å². The summed E-state index contributed by atoms with van der Waals surface area (Å²) in [7, 11) is 0. The van der Waals surface area contributed by atoms with Gasteiger partial charge in [0.05, 0.1) is 12.3 Å². The standard InChI is InChI=1S/C17H25N3O/c1-4-6-16-10-12-20(19-16)11-9-14(2)13-21-17-8-5-7-15(3)18-17/h5,7-8,10,12,14H,4,6,9,11,13H2,1-3H3. The number of hydrogen-bond acceptors (Lipinski definition) is 3. The minimum atomic E-state index is 0.478. The molecule has 2 aromatic heterocycles. The Morgan fingerprint density at radius 1 is 1.29 bits per heavy atom. The predicted octanol–water partition coefficient (Wildman–Crippen LogP) is 3.64. The molecule has 0 amide bonds. The molecule has 0 fully saturated rings. The van der Waals surface area contributed by atoms with E-state index in [2.05, 4.69) is 36.2 Å². The summed E-state index contributed by atoms with van der Waals surface area (Å²) in [6.45, 7) is 7.99. The molecule has 1 atom stereocenters. The SMILES string of the molecule is CCCc1ccn(CCC(C)COc2cccc(C)n2)n1. The van der Waals surface area contributed by atoms with Gasteiger partial charge in [0, 0.05) is 24.5 Å². The average Bonchev–Trinajstić information content (AvgIpc) is 2.91. The van der Waals surface area contributed by atoms with Crippen LogP contribution in [0.15, 0.2) is 30.5 Å². The first kappa shape index (κ1) is 15.5. The molecule has 114 valence electrons. The minimum Gasteiger partial charge on any atom is -0.477 e. The summed E-state index contributed by atoms with van der Waals surface area (Å²) < 4.78 is 7.77. The Kier molecular flexibility index (Phi) is 5.78. The lowest BCUT2D eigenvalue weighted by molar-refractivity contribution is 0.237. The number of rotatable bonds is 8. The van der Waals surface area contributed by atoms with E-state index in [1.54, 1.807) is 0 Å². The summed E-state index contributed by atoms with van der Waals surface area (Å²) in [5.41, 5.74) is 2.17. The highest BCUT2D eigenvalue weighted by atomic mass is 16.5. The van der Waals surface area contributed by atoms with Crippen molar-refractivity contribution in [2.45, 2.75) is 46.6 Å². The van der Waals surface area contributed by atoms with Crippen molar-refractivity contribution < 1.29 is 4.74 Å². The molecule has 1 unspecified atom stereocenters. The Labute approximate surface area is 127 Å². The second-order valence-electron chi connectivity index (χ2n) is 5.64. The van der Waals surface area contributed by atoms with Gasteiger partial charge in [-0.15, -0.1) is 0 Å². The lowest BCUT2D eigenvalue weighted by atomic mass is 10.1. The fourth-order valence-electron chi connectivity index (χ4n) is 2.18. The summed E-state index contributed by atoms with van der Waals surface area (Å²) in [5.74, 6) is 1.19. The van der Waals surface area contributed by atoms with E-state index in [-0.39, 0.29) is 0 Å². The van der Waals surface area contributed by atoms with E-state index in [1.807, 2.05) is 29.8 Å². The second kappa shape index (κ2) is 7.81. The van der Waals surface area contributed by atoms with Crippen LogP contribution in [0.2, 0.25) is 0 Å². The van der Waals surface area contributed by atoms with Crippen molar-refractivity contribution >= 4 is 0 Å². The number of aryl methyl sites for hydroxylation is 3. The van der Waals surface area contributed by atoms with Gasteiger partial charge in [0.25, 0.3) is 0 Å². The van der Waals surface area contributed by atoms with E-state index >= 15 is 0 Å². The molecule has 0 aliphatic carbocycles. The van der Waals surface area contributed by atoms with Crippen LogP contribution < -0.4 is 4.74 Å². The van der Waals surface area contributed by atoms with Crippen LogP contribution in [0.4, 0.5) is 0 Å². The summed E-state index contributed by atoms with van der Waals surface area (Å²) in [6, 6.07) is 7.97. The topological polar surface area (TPSA) is 39.9 Å². The van der Waals surface area contributed by atoms with Crippen LogP contribution in [0.1, 0.15) is 38.1 Å². The molecule has 0 radical (unpaired) electrons. The maximum absolute atomic E-state index is 5.74. The normalized spacial score (nSPS) is 12.3. The molecular formula is C17H25N3O. The molecule has 4 nitrogen and oxygen atoms in total. The van der Waals surface area contributed by atoms with Crippen molar-refractivity contribution in [1.29, 1.82) is 0 Å². The zero-order chi connectivity index (χ0) is 15.1. The molecule has 0 bridgehead atoms. The molecule has 0 aliphatic rings. The first-order valence-corrected chi connectivity index (χ1v) is 7.76. The van der Waals surface area contributed by atoms with E-state index in [0.717, 1.165) is 31.5 Å². The Bertz CT molecular complexity index is 550. The van der Waals surface area contributed by atoms with Crippen LogP contribution in [0.25, 0.3) is 0 Å². The highest BCUT2D eigenvalue weighted by molar-refractivity contribution is 5.14. The summed E-state index contributed by atoms with van der Waals surface area (Å²) in [6.07, 6.45) is 5.33. The van der Waals surface area contributed by atoms with Crippen LogP contribution in [0.5, 0.6) is 5.88 Å². The van der Waals surface area contributed by atoms with Gasteiger partial charge < -0.3 is 4.74 Å². The van der Waals surface area contributed by atoms with Gasteiger partial charge in [-0.1, -0.05) is 26.3 Å². The maximum atomic E-state index is 5.74. The van der Waals surface area contributed by atoms with Gasteiger partial charge in [0.15, 0.2) is 0 Å². The van der Waals surface area contributed by atoms with Gasteiger partial charge in [-0.05, 0) is 37.8 Å².